The van der Waals surface area contributed by atoms with Crippen LogP contribution < -0.4 is 10.6 Å². The van der Waals surface area contributed by atoms with Crippen LogP contribution in [0.2, 0.25) is 0 Å². The molecular formula is C36H60N2O14. The molecule has 1 aromatic carbocycles. The van der Waals surface area contributed by atoms with Gasteiger partial charge in [0.2, 0.25) is 0 Å². The summed E-state index contributed by atoms with van der Waals surface area (Å²) in [6.07, 6.45) is -4.27. The number of amides is 2. The number of esters is 2. The zero-order chi connectivity index (χ0) is 39.1. The molecule has 0 spiro atoms. The first kappa shape index (κ1) is 46.8. The highest BCUT2D eigenvalue weighted by Crippen LogP contribution is 2.13. The topological polar surface area (TPSA) is 273 Å². The average molecular weight is 745 g/mol. The predicted molar refractivity (Wildman–Crippen MR) is 188 cm³/mol. The van der Waals surface area contributed by atoms with Crippen molar-refractivity contribution < 1.29 is 69.5 Å². The first-order valence-electron chi connectivity index (χ1n) is 18.2. The number of hydrogen-bond acceptors (Lipinski definition) is 14. The quantitative estimate of drug-likeness (QED) is 0.0395. The van der Waals surface area contributed by atoms with Crippen LogP contribution in [0.15, 0.2) is 24.3 Å². The lowest BCUT2D eigenvalue weighted by Gasteiger charge is -2.26. The van der Waals surface area contributed by atoms with E-state index < -0.39 is 85.8 Å². The van der Waals surface area contributed by atoms with Crippen molar-refractivity contribution in [2.75, 3.05) is 26.3 Å². The van der Waals surface area contributed by atoms with Crippen LogP contribution in [0.5, 0.6) is 0 Å². The van der Waals surface area contributed by atoms with Gasteiger partial charge in [0, 0.05) is 13.1 Å². The van der Waals surface area contributed by atoms with Crippen molar-refractivity contribution in [2.45, 2.75) is 140 Å². The van der Waals surface area contributed by atoms with Gasteiger partial charge in [-0.3, -0.25) is 9.59 Å². The molecule has 0 bridgehead atoms. The summed E-state index contributed by atoms with van der Waals surface area (Å²) in [5, 5.41) is 86.1. The number of carbonyl (C=O) groups excluding carboxylic acids is 4. The first-order chi connectivity index (χ1) is 24.8. The fourth-order valence-electron chi connectivity index (χ4n) is 5.01. The Morgan fingerprint density at radius 2 is 0.808 bits per heavy atom. The number of rotatable bonds is 28. The number of aliphatic hydroxyl groups is 8. The van der Waals surface area contributed by atoms with Crippen LogP contribution in [0.4, 0.5) is 0 Å². The Labute approximate surface area is 305 Å². The van der Waals surface area contributed by atoms with Gasteiger partial charge >= 0.3 is 11.9 Å². The SMILES string of the molecule is CCCCCCCCNC(=O)[C@H](O)[C@@H](O)[C@H](O)[C@H](O)COC(=O)c1ccc(C(=O)OC[C@@H](O)[C@@H](O)[C@H](O)[C@@H](O)C(=O)NCCCCCCCC)cc1. The zero-order valence-electron chi connectivity index (χ0n) is 30.3. The van der Waals surface area contributed by atoms with Crippen molar-refractivity contribution in [3.05, 3.63) is 35.4 Å². The van der Waals surface area contributed by atoms with Crippen LogP contribution >= 0.6 is 0 Å². The molecule has 0 unspecified atom stereocenters. The Morgan fingerprint density at radius 3 is 1.13 bits per heavy atom. The highest BCUT2D eigenvalue weighted by molar-refractivity contribution is 5.93. The minimum absolute atomic E-state index is 0.0877. The number of carbonyl (C=O) groups is 4. The molecule has 0 aliphatic carbocycles. The molecule has 1 aromatic rings. The highest BCUT2D eigenvalue weighted by Gasteiger charge is 2.36. The van der Waals surface area contributed by atoms with Crippen LogP contribution in [-0.4, -0.2) is 140 Å². The van der Waals surface area contributed by atoms with E-state index in [4.69, 9.17) is 9.47 Å². The van der Waals surface area contributed by atoms with Crippen LogP contribution in [0.1, 0.15) is 112 Å². The van der Waals surface area contributed by atoms with Crippen LogP contribution in [0.25, 0.3) is 0 Å². The van der Waals surface area contributed by atoms with E-state index in [1.165, 1.54) is 24.3 Å². The van der Waals surface area contributed by atoms with Gasteiger partial charge in [-0.25, -0.2) is 9.59 Å². The molecule has 0 aliphatic rings. The molecule has 10 N–H and O–H groups in total. The van der Waals surface area contributed by atoms with E-state index in [0.717, 1.165) is 64.2 Å². The fraction of sp³-hybridized carbons (Fsp3) is 0.722. The number of ether oxygens (including phenoxy) is 2. The lowest BCUT2D eigenvalue weighted by Crippen LogP contribution is -2.52. The predicted octanol–water partition coefficient (Wildman–Crippen LogP) is -0.159. The summed E-state index contributed by atoms with van der Waals surface area (Å²) in [5.41, 5.74) is -0.175. The van der Waals surface area contributed by atoms with Gasteiger partial charge in [0.1, 0.15) is 49.8 Å². The third-order valence-corrected chi connectivity index (χ3v) is 8.46. The molecule has 52 heavy (non-hydrogen) atoms. The van der Waals surface area contributed by atoms with Gasteiger partial charge in [0.05, 0.1) is 11.1 Å². The second-order valence-corrected chi connectivity index (χ2v) is 12.9. The van der Waals surface area contributed by atoms with E-state index in [1.807, 2.05) is 0 Å². The molecule has 0 aliphatic heterocycles. The molecular weight excluding hydrogens is 684 g/mol. The summed E-state index contributed by atoms with van der Waals surface area (Å²) in [4.78, 5) is 49.1. The van der Waals surface area contributed by atoms with Gasteiger partial charge in [-0.15, -0.1) is 0 Å². The largest absolute Gasteiger partial charge is 0.459 e. The van der Waals surface area contributed by atoms with Crippen LogP contribution in [0.3, 0.4) is 0 Å². The second-order valence-electron chi connectivity index (χ2n) is 12.9. The molecule has 0 heterocycles. The van der Waals surface area contributed by atoms with E-state index in [2.05, 4.69) is 24.5 Å². The smallest absolute Gasteiger partial charge is 0.338 e. The maximum Gasteiger partial charge on any atom is 0.338 e. The minimum atomic E-state index is -2.07. The maximum atomic E-state index is 12.4. The molecule has 2 amide bonds. The normalized spacial score (nSPS) is 16.0. The summed E-state index contributed by atoms with van der Waals surface area (Å²) in [6, 6.07) is 4.68. The van der Waals surface area contributed by atoms with Crippen molar-refractivity contribution in [3.63, 3.8) is 0 Å². The minimum Gasteiger partial charge on any atom is -0.459 e. The Balaban J connectivity index is 2.48. The molecule has 0 aromatic heterocycles. The Morgan fingerprint density at radius 1 is 0.500 bits per heavy atom. The van der Waals surface area contributed by atoms with Crippen molar-refractivity contribution >= 4 is 23.8 Å². The van der Waals surface area contributed by atoms with Gasteiger partial charge in [-0.05, 0) is 37.1 Å². The standard InChI is InChI=1S/C36H60N2O14/c1-3-5-7-9-11-13-19-37-33(47)31(45)29(43)27(41)25(39)21-51-35(49)23-15-17-24(18-16-23)36(50)52-22-26(40)28(42)30(44)32(46)34(48)38-20-14-12-10-8-6-4-2/h15-18,25-32,39-46H,3-14,19-22H2,1-2H3,(H,37,47)(H,38,48)/t25-,26-,27-,28-,29+,30+,31-,32-/m1/s1. The van der Waals surface area contributed by atoms with E-state index in [0.29, 0.717) is 12.8 Å². The maximum absolute atomic E-state index is 12.4. The molecule has 298 valence electrons. The van der Waals surface area contributed by atoms with Gasteiger partial charge in [0.15, 0.2) is 12.2 Å². The molecule has 8 atom stereocenters. The first-order valence-corrected chi connectivity index (χ1v) is 18.2. The number of hydrogen-bond donors (Lipinski definition) is 10. The van der Waals surface area contributed by atoms with Crippen LogP contribution in [-0.2, 0) is 19.1 Å². The van der Waals surface area contributed by atoms with Gasteiger partial charge < -0.3 is 61.0 Å². The van der Waals surface area contributed by atoms with Gasteiger partial charge in [0.25, 0.3) is 11.8 Å². The van der Waals surface area contributed by atoms with E-state index in [9.17, 15) is 60.0 Å². The molecule has 16 heteroatoms. The van der Waals surface area contributed by atoms with E-state index in [1.54, 1.807) is 0 Å². The number of aliphatic hydroxyl groups excluding tert-OH is 8. The van der Waals surface area contributed by atoms with Crippen molar-refractivity contribution in [1.82, 2.24) is 10.6 Å². The van der Waals surface area contributed by atoms with E-state index in [-0.39, 0.29) is 24.2 Å². The molecule has 0 fully saturated rings. The Hall–Kier alpha value is -3.22. The monoisotopic (exact) mass is 744 g/mol. The Bertz CT molecular complexity index is 1080. The summed E-state index contributed by atoms with van der Waals surface area (Å²) in [6.45, 7) is 3.11. The van der Waals surface area contributed by atoms with Crippen LogP contribution in [0, 0.1) is 0 Å². The van der Waals surface area contributed by atoms with Gasteiger partial charge in [-0.2, -0.15) is 0 Å². The molecule has 1 rings (SSSR count). The number of benzene rings is 1. The van der Waals surface area contributed by atoms with Crippen molar-refractivity contribution in [2.24, 2.45) is 0 Å². The summed E-state index contributed by atoms with van der Waals surface area (Å²) in [7, 11) is 0. The van der Waals surface area contributed by atoms with Crippen molar-refractivity contribution in [3.8, 4) is 0 Å². The average Bonchev–Trinajstić information content (AvgIpc) is 3.15. The van der Waals surface area contributed by atoms with E-state index >= 15 is 0 Å². The third-order valence-electron chi connectivity index (χ3n) is 8.46. The lowest BCUT2D eigenvalue weighted by atomic mass is 10.0. The molecule has 16 nitrogen and oxygen atoms in total. The van der Waals surface area contributed by atoms with Crippen molar-refractivity contribution in [1.29, 1.82) is 0 Å². The third kappa shape index (κ3) is 17.5. The zero-order valence-corrected chi connectivity index (χ0v) is 30.3. The number of unbranched alkanes of at least 4 members (excludes halogenated alkanes) is 10. The summed E-state index contributed by atoms with van der Waals surface area (Å²) < 4.78 is 9.88. The number of nitrogens with one attached hydrogen (secondary N) is 2. The fourth-order valence-corrected chi connectivity index (χ4v) is 5.01. The summed E-state index contributed by atoms with van der Waals surface area (Å²) >= 11 is 0. The molecule has 0 radical (unpaired) electrons. The molecule has 0 saturated heterocycles. The van der Waals surface area contributed by atoms with Gasteiger partial charge in [-0.1, -0.05) is 78.1 Å². The second kappa shape index (κ2) is 26.5. The highest BCUT2D eigenvalue weighted by atomic mass is 16.5. The lowest BCUT2D eigenvalue weighted by molar-refractivity contribution is -0.149. The molecule has 0 saturated carbocycles. The summed E-state index contributed by atoms with van der Waals surface area (Å²) in [5.74, 6) is -3.83. The Kier molecular flexibility index (Phi) is 23.9.